The fraction of sp³-hybridized carbons (Fsp3) is 0.852. The van der Waals surface area contributed by atoms with Gasteiger partial charge in [0.15, 0.2) is 0 Å². The Morgan fingerprint density at radius 2 is 1.74 bits per heavy atom. The maximum Gasteiger partial charge on any atom is 0.114 e. The number of rotatable bonds is 6. The van der Waals surface area contributed by atoms with Gasteiger partial charge < -0.3 is 20.4 Å². The van der Waals surface area contributed by atoms with Crippen LogP contribution in [0, 0.1) is 23.2 Å². The van der Waals surface area contributed by atoms with Crippen molar-refractivity contribution in [2.24, 2.45) is 23.2 Å². The molecule has 31 heavy (non-hydrogen) atoms. The number of fused-ring (bicyclic) bond motifs is 1. The van der Waals surface area contributed by atoms with E-state index in [9.17, 15) is 20.4 Å². The zero-order valence-corrected chi connectivity index (χ0v) is 20.4. The molecule has 3 aliphatic carbocycles. The summed E-state index contributed by atoms with van der Waals surface area (Å²) in [6, 6.07) is 0. The van der Waals surface area contributed by atoms with E-state index in [2.05, 4.69) is 26.0 Å². The van der Waals surface area contributed by atoms with Crippen LogP contribution in [-0.4, -0.2) is 43.8 Å². The molecule has 4 N–H and O–H groups in total. The summed E-state index contributed by atoms with van der Waals surface area (Å²) < 4.78 is 0. The second-order valence-corrected chi connectivity index (χ2v) is 12.0. The van der Waals surface area contributed by atoms with Gasteiger partial charge in [-0.15, -0.1) is 0 Å². The normalized spacial score (nSPS) is 41.3. The second-order valence-electron chi connectivity index (χ2n) is 12.0. The predicted molar refractivity (Wildman–Crippen MR) is 126 cm³/mol. The van der Waals surface area contributed by atoms with Gasteiger partial charge in [0.1, 0.15) is 5.60 Å². The fourth-order valence-electron chi connectivity index (χ4n) is 6.85. The summed E-state index contributed by atoms with van der Waals surface area (Å²) in [7, 11) is 0. The van der Waals surface area contributed by atoms with Crippen molar-refractivity contribution in [2.75, 3.05) is 0 Å². The highest BCUT2D eigenvalue weighted by atomic mass is 16.4. The minimum absolute atomic E-state index is 0.353. The van der Waals surface area contributed by atoms with Crippen LogP contribution in [0.2, 0.25) is 0 Å². The first kappa shape index (κ1) is 25.0. The Balaban J connectivity index is 1.68. The van der Waals surface area contributed by atoms with Crippen LogP contribution in [0.25, 0.3) is 0 Å². The van der Waals surface area contributed by atoms with Crippen molar-refractivity contribution in [3.05, 3.63) is 23.3 Å². The monoisotopic (exact) mass is 434 g/mol. The van der Waals surface area contributed by atoms with Crippen molar-refractivity contribution >= 4 is 0 Å². The summed E-state index contributed by atoms with van der Waals surface area (Å²) in [6.07, 6.45) is 12.8. The summed E-state index contributed by atoms with van der Waals surface area (Å²) in [4.78, 5) is 0. The molecule has 0 unspecified atom stereocenters. The summed E-state index contributed by atoms with van der Waals surface area (Å²) in [6.45, 7) is 10.3. The third-order valence-corrected chi connectivity index (χ3v) is 8.97. The van der Waals surface area contributed by atoms with E-state index < -0.39 is 23.4 Å². The van der Waals surface area contributed by atoms with Gasteiger partial charge in [0, 0.05) is 0 Å². The van der Waals surface area contributed by atoms with Crippen molar-refractivity contribution in [1.82, 2.24) is 0 Å². The lowest BCUT2D eigenvalue weighted by atomic mass is 9.60. The molecule has 0 saturated heterocycles. The molecular weight excluding hydrogens is 388 g/mol. The van der Waals surface area contributed by atoms with Crippen LogP contribution in [0.4, 0.5) is 0 Å². The molecule has 0 aromatic carbocycles. The van der Waals surface area contributed by atoms with Crippen molar-refractivity contribution in [3.63, 3.8) is 0 Å². The average molecular weight is 435 g/mol. The van der Waals surface area contributed by atoms with Gasteiger partial charge in [0.25, 0.3) is 0 Å². The van der Waals surface area contributed by atoms with E-state index in [4.69, 9.17) is 0 Å². The van der Waals surface area contributed by atoms with Crippen LogP contribution < -0.4 is 0 Å². The lowest BCUT2D eigenvalue weighted by Gasteiger charge is -2.44. The number of aliphatic hydroxyl groups is 4. The molecule has 0 bridgehead atoms. The van der Waals surface area contributed by atoms with E-state index in [1.54, 1.807) is 0 Å². The first-order valence-electron chi connectivity index (χ1n) is 12.5. The highest BCUT2D eigenvalue weighted by Crippen LogP contribution is 2.60. The minimum Gasteiger partial charge on any atom is -0.390 e. The molecule has 0 spiro atoms. The lowest BCUT2D eigenvalue weighted by molar-refractivity contribution is -0.144. The third-order valence-electron chi connectivity index (χ3n) is 8.97. The second kappa shape index (κ2) is 9.29. The summed E-state index contributed by atoms with van der Waals surface area (Å²) in [5, 5.41) is 40.7. The van der Waals surface area contributed by atoms with E-state index in [1.807, 2.05) is 13.8 Å². The first-order valence-corrected chi connectivity index (χ1v) is 12.5. The SMILES string of the molecule is C[C@@H](CCCC(C)(C)O)[C@H]1CC[C@H]2/C(=C\C=C3C[C@@H](O)C(C)(O)[C@H](O)C3)CCC[C@]12C. The quantitative estimate of drug-likeness (QED) is 0.479. The van der Waals surface area contributed by atoms with Gasteiger partial charge in [0.05, 0.1) is 17.8 Å². The van der Waals surface area contributed by atoms with Gasteiger partial charge in [-0.1, -0.05) is 50.0 Å². The highest BCUT2D eigenvalue weighted by molar-refractivity contribution is 5.27. The first-order chi connectivity index (χ1) is 14.3. The van der Waals surface area contributed by atoms with Gasteiger partial charge in [-0.3, -0.25) is 0 Å². The molecule has 4 heteroatoms. The standard InChI is InChI=1S/C27H46O4/c1-18(8-6-14-25(2,3)30)21-12-13-22-20(9-7-15-26(21,22)4)11-10-19-16-23(28)27(5,31)24(29)17-19/h10-11,18,21-24,28-31H,6-9,12-17H2,1-5H3/b19-10?,20-11-/t18-,21+,22-,23+,24+,26+,27?/m0/s1. The van der Waals surface area contributed by atoms with E-state index >= 15 is 0 Å². The minimum atomic E-state index is -1.42. The van der Waals surface area contributed by atoms with Gasteiger partial charge in [-0.2, -0.15) is 0 Å². The van der Waals surface area contributed by atoms with Crippen molar-refractivity contribution in [2.45, 2.75) is 122 Å². The largest absolute Gasteiger partial charge is 0.390 e. The third kappa shape index (κ3) is 5.46. The summed E-state index contributed by atoms with van der Waals surface area (Å²) in [5.41, 5.74) is 0.929. The van der Waals surface area contributed by atoms with Crippen LogP contribution in [0.15, 0.2) is 23.3 Å². The summed E-state index contributed by atoms with van der Waals surface area (Å²) in [5.74, 6) is 2.05. The molecule has 0 aromatic heterocycles. The molecule has 4 nitrogen and oxygen atoms in total. The van der Waals surface area contributed by atoms with Crippen molar-refractivity contribution < 1.29 is 20.4 Å². The Morgan fingerprint density at radius 3 is 2.35 bits per heavy atom. The predicted octanol–water partition coefficient (Wildman–Crippen LogP) is 4.90. The maximum atomic E-state index is 10.2. The number of hydrogen-bond donors (Lipinski definition) is 4. The van der Waals surface area contributed by atoms with Crippen LogP contribution in [0.3, 0.4) is 0 Å². The van der Waals surface area contributed by atoms with E-state index in [0.717, 1.165) is 30.8 Å². The van der Waals surface area contributed by atoms with Crippen LogP contribution in [0.5, 0.6) is 0 Å². The van der Waals surface area contributed by atoms with Gasteiger partial charge in [-0.25, -0.2) is 0 Å². The molecule has 0 heterocycles. The molecule has 0 aliphatic heterocycles. The Hall–Kier alpha value is -0.680. The van der Waals surface area contributed by atoms with E-state index in [1.165, 1.54) is 44.6 Å². The molecule has 0 amide bonds. The molecule has 6 atom stereocenters. The topological polar surface area (TPSA) is 80.9 Å². The molecule has 3 rings (SSSR count). The molecule has 0 radical (unpaired) electrons. The molecule has 3 saturated carbocycles. The lowest BCUT2D eigenvalue weighted by Crippen LogP contribution is -2.52. The Kier molecular flexibility index (Phi) is 7.48. The zero-order chi connectivity index (χ0) is 23.0. The van der Waals surface area contributed by atoms with Crippen LogP contribution >= 0.6 is 0 Å². The van der Waals surface area contributed by atoms with Crippen LogP contribution in [-0.2, 0) is 0 Å². The van der Waals surface area contributed by atoms with E-state index in [0.29, 0.717) is 30.1 Å². The number of hydrogen-bond acceptors (Lipinski definition) is 4. The fourth-order valence-corrected chi connectivity index (χ4v) is 6.85. The smallest absolute Gasteiger partial charge is 0.114 e. The average Bonchev–Trinajstić information content (AvgIpc) is 3.01. The van der Waals surface area contributed by atoms with Crippen molar-refractivity contribution in [1.29, 1.82) is 0 Å². The van der Waals surface area contributed by atoms with Crippen LogP contribution in [0.1, 0.15) is 98.8 Å². The molecule has 0 aromatic rings. The number of aliphatic hydroxyl groups excluding tert-OH is 2. The molecule has 3 aliphatic rings. The van der Waals surface area contributed by atoms with E-state index in [-0.39, 0.29) is 0 Å². The highest BCUT2D eigenvalue weighted by Gasteiger charge is 2.50. The Bertz CT molecular complexity index is 670. The summed E-state index contributed by atoms with van der Waals surface area (Å²) >= 11 is 0. The molecular formula is C27H46O4. The zero-order valence-electron chi connectivity index (χ0n) is 20.4. The Labute approximate surface area is 189 Å². The van der Waals surface area contributed by atoms with Gasteiger partial charge >= 0.3 is 0 Å². The Morgan fingerprint density at radius 1 is 1.10 bits per heavy atom. The number of allylic oxidation sites excluding steroid dienone is 3. The maximum absolute atomic E-state index is 10.2. The molecule has 3 fully saturated rings. The van der Waals surface area contributed by atoms with Gasteiger partial charge in [0.2, 0.25) is 0 Å². The van der Waals surface area contributed by atoms with Crippen molar-refractivity contribution in [3.8, 4) is 0 Å². The van der Waals surface area contributed by atoms with Gasteiger partial charge in [-0.05, 0) is 95.3 Å². The molecule has 178 valence electrons.